The Morgan fingerprint density at radius 2 is 2.00 bits per heavy atom. The van der Waals surface area contributed by atoms with Gasteiger partial charge in [-0.05, 0) is 24.5 Å². The Balaban J connectivity index is 2.38. The quantitative estimate of drug-likeness (QED) is 0.888. The molecule has 19 heavy (non-hydrogen) atoms. The van der Waals surface area contributed by atoms with Gasteiger partial charge in [0, 0.05) is 6.04 Å². The van der Waals surface area contributed by atoms with Crippen LogP contribution in [0.3, 0.4) is 0 Å². The molecular formula is C11H12Cl2N2O3S. The second-order valence-corrected chi connectivity index (χ2v) is 6.95. The summed E-state index contributed by atoms with van der Waals surface area (Å²) in [7, 11) is -3.94. The first-order chi connectivity index (χ1) is 8.70. The zero-order valence-electron chi connectivity index (χ0n) is 9.98. The first kappa shape index (κ1) is 14.6. The van der Waals surface area contributed by atoms with Gasteiger partial charge in [0.15, 0.2) is 0 Å². The molecule has 5 nitrogen and oxygen atoms in total. The van der Waals surface area contributed by atoms with Crippen LogP contribution in [0.2, 0.25) is 10.0 Å². The molecule has 1 saturated carbocycles. The van der Waals surface area contributed by atoms with Crippen molar-refractivity contribution in [3.05, 3.63) is 27.7 Å². The summed E-state index contributed by atoms with van der Waals surface area (Å²) in [4.78, 5) is 11.8. The zero-order chi connectivity index (χ0) is 14.4. The molecule has 2 atom stereocenters. The molecule has 0 heterocycles. The van der Waals surface area contributed by atoms with Gasteiger partial charge in [0.25, 0.3) is 5.91 Å². The summed E-state index contributed by atoms with van der Waals surface area (Å²) in [6.45, 7) is 2.00. The summed E-state index contributed by atoms with van der Waals surface area (Å²) in [5, 5.41) is 7.76. The highest BCUT2D eigenvalue weighted by atomic mass is 35.5. The van der Waals surface area contributed by atoms with Crippen molar-refractivity contribution >= 4 is 39.1 Å². The molecule has 0 aromatic heterocycles. The van der Waals surface area contributed by atoms with Crippen LogP contribution in [-0.4, -0.2) is 20.4 Å². The van der Waals surface area contributed by atoms with Crippen LogP contribution in [0, 0.1) is 5.92 Å². The highest BCUT2D eigenvalue weighted by molar-refractivity contribution is 7.89. The third kappa shape index (κ3) is 3.20. The molecule has 2 rings (SSSR count). The van der Waals surface area contributed by atoms with E-state index in [0.717, 1.165) is 18.6 Å². The summed E-state index contributed by atoms with van der Waals surface area (Å²) in [6, 6.07) is 2.35. The largest absolute Gasteiger partial charge is 0.349 e. The Hall–Kier alpha value is -0.820. The van der Waals surface area contributed by atoms with Gasteiger partial charge in [0.1, 0.15) is 0 Å². The van der Waals surface area contributed by atoms with Gasteiger partial charge < -0.3 is 5.32 Å². The lowest BCUT2D eigenvalue weighted by Gasteiger charge is -2.09. The van der Waals surface area contributed by atoms with E-state index in [1.54, 1.807) is 0 Å². The first-order valence-electron chi connectivity index (χ1n) is 5.53. The topological polar surface area (TPSA) is 89.3 Å². The van der Waals surface area contributed by atoms with Crippen LogP contribution in [0.5, 0.6) is 0 Å². The second kappa shape index (κ2) is 4.94. The highest BCUT2D eigenvalue weighted by Gasteiger charge is 2.34. The number of sulfonamides is 1. The van der Waals surface area contributed by atoms with E-state index in [2.05, 4.69) is 5.32 Å². The van der Waals surface area contributed by atoms with E-state index >= 15 is 0 Å². The monoisotopic (exact) mass is 322 g/mol. The standard InChI is InChI=1S/C11H12Cl2N2O3S/c1-5-2-9(5)15-11(16)7-3-6(19(14,17)18)4-8(12)10(7)13/h3-5,9H,2H2,1H3,(H,15,16)(H2,14,17,18). The molecule has 1 aromatic rings. The molecule has 3 N–H and O–H groups in total. The van der Waals surface area contributed by atoms with Crippen LogP contribution >= 0.6 is 23.2 Å². The van der Waals surface area contributed by atoms with E-state index < -0.39 is 15.9 Å². The van der Waals surface area contributed by atoms with Crippen molar-refractivity contribution in [2.75, 3.05) is 0 Å². The lowest BCUT2D eigenvalue weighted by atomic mass is 10.2. The minimum atomic E-state index is -3.94. The molecule has 1 aliphatic rings. The number of hydrogen-bond donors (Lipinski definition) is 2. The molecule has 1 aliphatic carbocycles. The number of nitrogens with one attached hydrogen (secondary N) is 1. The van der Waals surface area contributed by atoms with Crippen LogP contribution in [0.4, 0.5) is 0 Å². The van der Waals surface area contributed by atoms with Gasteiger partial charge in [-0.2, -0.15) is 0 Å². The van der Waals surface area contributed by atoms with Gasteiger partial charge in [0.2, 0.25) is 10.0 Å². The van der Waals surface area contributed by atoms with Crippen molar-refractivity contribution in [1.29, 1.82) is 0 Å². The lowest BCUT2D eigenvalue weighted by molar-refractivity contribution is 0.0949. The summed E-state index contributed by atoms with van der Waals surface area (Å²) in [5.41, 5.74) is 0.0114. The maximum Gasteiger partial charge on any atom is 0.253 e. The van der Waals surface area contributed by atoms with Gasteiger partial charge in [-0.3, -0.25) is 4.79 Å². The molecule has 1 amide bonds. The van der Waals surface area contributed by atoms with Gasteiger partial charge in [-0.1, -0.05) is 30.1 Å². The van der Waals surface area contributed by atoms with Crippen molar-refractivity contribution in [2.24, 2.45) is 11.1 Å². The van der Waals surface area contributed by atoms with E-state index in [-0.39, 0.29) is 26.5 Å². The molecule has 0 aliphatic heterocycles. The molecule has 0 radical (unpaired) electrons. The molecular weight excluding hydrogens is 311 g/mol. The van der Waals surface area contributed by atoms with Crippen LogP contribution in [0.25, 0.3) is 0 Å². The number of carbonyl (C=O) groups is 1. The number of benzene rings is 1. The average Bonchev–Trinajstić information content (AvgIpc) is 2.96. The molecule has 0 bridgehead atoms. The van der Waals surface area contributed by atoms with E-state index in [9.17, 15) is 13.2 Å². The summed E-state index contributed by atoms with van der Waals surface area (Å²) in [5.74, 6) is -0.0358. The summed E-state index contributed by atoms with van der Waals surface area (Å²) in [6.07, 6.45) is 0.895. The number of halogens is 2. The van der Waals surface area contributed by atoms with Crippen LogP contribution in [0.15, 0.2) is 17.0 Å². The lowest BCUT2D eigenvalue weighted by Crippen LogP contribution is -2.27. The van der Waals surface area contributed by atoms with Crippen molar-refractivity contribution in [2.45, 2.75) is 24.3 Å². The van der Waals surface area contributed by atoms with Gasteiger partial charge in [-0.15, -0.1) is 0 Å². The molecule has 1 aromatic carbocycles. The first-order valence-corrected chi connectivity index (χ1v) is 7.83. The number of carbonyl (C=O) groups excluding carboxylic acids is 1. The summed E-state index contributed by atoms with van der Waals surface area (Å²) >= 11 is 11.7. The van der Waals surface area contributed by atoms with Crippen molar-refractivity contribution in [3.63, 3.8) is 0 Å². The predicted octanol–water partition coefficient (Wildman–Crippen LogP) is 1.78. The Morgan fingerprint density at radius 3 is 2.47 bits per heavy atom. The zero-order valence-corrected chi connectivity index (χ0v) is 12.3. The van der Waals surface area contributed by atoms with Gasteiger partial charge in [0.05, 0.1) is 20.5 Å². The Kier molecular flexibility index (Phi) is 3.79. The minimum absolute atomic E-state index is 0.0114. The number of hydrogen-bond acceptors (Lipinski definition) is 3. The fourth-order valence-corrected chi connectivity index (χ4v) is 2.71. The Bertz CT molecular complexity index is 646. The molecule has 8 heteroatoms. The van der Waals surface area contributed by atoms with E-state index in [1.807, 2.05) is 6.92 Å². The molecule has 104 valence electrons. The van der Waals surface area contributed by atoms with Gasteiger partial charge >= 0.3 is 0 Å². The third-order valence-electron chi connectivity index (χ3n) is 3.00. The van der Waals surface area contributed by atoms with Crippen molar-refractivity contribution in [1.82, 2.24) is 5.32 Å². The second-order valence-electron chi connectivity index (χ2n) is 4.60. The highest BCUT2D eigenvalue weighted by Crippen LogP contribution is 2.32. The number of primary sulfonamides is 1. The fraction of sp³-hybridized carbons (Fsp3) is 0.364. The van der Waals surface area contributed by atoms with Crippen molar-refractivity contribution < 1.29 is 13.2 Å². The Labute approximate surface area is 121 Å². The molecule has 0 spiro atoms. The number of nitrogens with two attached hydrogens (primary N) is 1. The van der Waals surface area contributed by atoms with E-state index in [1.165, 1.54) is 0 Å². The van der Waals surface area contributed by atoms with E-state index in [4.69, 9.17) is 28.3 Å². The summed E-state index contributed by atoms with van der Waals surface area (Å²) < 4.78 is 22.6. The smallest absolute Gasteiger partial charge is 0.253 e. The predicted molar refractivity (Wildman–Crippen MR) is 72.9 cm³/mol. The van der Waals surface area contributed by atoms with Crippen LogP contribution in [0.1, 0.15) is 23.7 Å². The SMILES string of the molecule is CC1CC1NC(=O)c1cc(S(N)(=O)=O)cc(Cl)c1Cl. The van der Waals surface area contributed by atoms with Crippen LogP contribution in [-0.2, 0) is 10.0 Å². The van der Waals surface area contributed by atoms with Crippen molar-refractivity contribution in [3.8, 4) is 0 Å². The Morgan fingerprint density at radius 1 is 1.42 bits per heavy atom. The number of amides is 1. The minimum Gasteiger partial charge on any atom is -0.349 e. The third-order valence-corrected chi connectivity index (χ3v) is 4.70. The molecule has 2 unspecified atom stereocenters. The average molecular weight is 323 g/mol. The molecule has 0 saturated heterocycles. The fourth-order valence-electron chi connectivity index (χ4n) is 1.66. The normalized spacial score (nSPS) is 22.1. The van der Waals surface area contributed by atoms with Gasteiger partial charge in [-0.25, -0.2) is 13.6 Å². The van der Waals surface area contributed by atoms with Crippen LogP contribution < -0.4 is 10.5 Å². The maximum atomic E-state index is 12.0. The maximum absolute atomic E-state index is 12.0. The molecule has 1 fully saturated rings. The number of rotatable bonds is 3. The van der Waals surface area contributed by atoms with E-state index in [0.29, 0.717) is 5.92 Å².